The van der Waals surface area contributed by atoms with E-state index < -0.39 is 0 Å². The summed E-state index contributed by atoms with van der Waals surface area (Å²) in [5.74, 6) is 0.767. The number of anilines is 2. The van der Waals surface area contributed by atoms with Crippen molar-refractivity contribution in [2.24, 2.45) is 0 Å². The van der Waals surface area contributed by atoms with E-state index in [9.17, 15) is 0 Å². The molecule has 1 N–H and O–H groups in total. The van der Waals surface area contributed by atoms with Gasteiger partial charge in [-0.3, -0.25) is 0 Å². The number of aromatic nitrogens is 2. The van der Waals surface area contributed by atoms with Gasteiger partial charge in [-0.25, -0.2) is 4.98 Å². The Hall–Kier alpha value is -1.26. The summed E-state index contributed by atoms with van der Waals surface area (Å²) in [5, 5.41) is 3.87. The van der Waals surface area contributed by atoms with Crippen LogP contribution in [-0.2, 0) is 6.54 Å². The van der Waals surface area contributed by atoms with Crippen LogP contribution in [0.3, 0.4) is 0 Å². The van der Waals surface area contributed by atoms with Gasteiger partial charge < -0.3 is 9.88 Å². The Morgan fingerprint density at radius 1 is 1.53 bits per heavy atom. The molecule has 0 amide bonds. The van der Waals surface area contributed by atoms with Gasteiger partial charge in [0.25, 0.3) is 0 Å². The lowest BCUT2D eigenvalue weighted by Gasteiger charge is -2.08. The molecule has 1 heterocycles. The molecule has 0 aliphatic rings. The number of halogens is 2. The summed E-state index contributed by atoms with van der Waals surface area (Å²) in [7, 11) is 0. The van der Waals surface area contributed by atoms with Crippen LogP contribution < -0.4 is 5.32 Å². The van der Waals surface area contributed by atoms with Crippen molar-refractivity contribution in [2.75, 3.05) is 5.32 Å². The van der Waals surface area contributed by atoms with E-state index in [2.05, 4.69) is 32.8 Å². The summed E-state index contributed by atoms with van der Waals surface area (Å²) < 4.78 is 2.84. The molecule has 0 aliphatic carbocycles. The van der Waals surface area contributed by atoms with E-state index in [4.69, 9.17) is 11.6 Å². The highest BCUT2D eigenvalue weighted by molar-refractivity contribution is 9.10. The molecule has 0 unspecified atom stereocenters. The normalized spacial score (nSPS) is 10.2. The first-order valence-electron chi connectivity index (χ1n) is 5.05. The molecule has 0 atom stereocenters. The van der Waals surface area contributed by atoms with Gasteiger partial charge in [-0.05, 0) is 34.1 Å². The molecule has 2 aromatic rings. The van der Waals surface area contributed by atoms with Gasteiger partial charge in [0.15, 0.2) is 0 Å². The van der Waals surface area contributed by atoms with Gasteiger partial charge in [0, 0.05) is 29.1 Å². The summed E-state index contributed by atoms with van der Waals surface area (Å²) >= 11 is 9.38. The molecular formula is C12H11BrClN3. The lowest BCUT2D eigenvalue weighted by atomic mass is 10.3. The van der Waals surface area contributed by atoms with E-state index in [0.717, 1.165) is 16.1 Å². The largest absolute Gasteiger partial charge is 0.326 e. The Balaban J connectivity index is 2.22. The SMILES string of the molecule is C=CCn1ccnc1Nc1ccc(Br)c(Cl)c1. The first-order chi connectivity index (χ1) is 8.20. The standard InChI is InChI=1S/C12H11BrClN3/c1-2-6-17-7-5-15-12(17)16-9-3-4-10(13)11(14)8-9/h2-5,7-8H,1,6H2,(H,15,16). The Morgan fingerprint density at radius 3 is 3.06 bits per heavy atom. The summed E-state index contributed by atoms with van der Waals surface area (Å²) in [6.07, 6.45) is 5.46. The number of nitrogens with zero attached hydrogens (tertiary/aromatic N) is 2. The summed E-state index contributed by atoms with van der Waals surface area (Å²) in [4.78, 5) is 4.23. The van der Waals surface area contributed by atoms with Gasteiger partial charge in [0.2, 0.25) is 5.95 Å². The van der Waals surface area contributed by atoms with Crippen LogP contribution in [0, 0.1) is 0 Å². The number of hydrogen-bond acceptors (Lipinski definition) is 2. The Labute approximate surface area is 113 Å². The molecule has 0 radical (unpaired) electrons. The molecule has 0 saturated carbocycles. The quantitative estimate of drug-likeness (QED) is 0.856. The summed E-state index contributed by atoms with van der Waals surface area (Å²) in [6, 6.07) is 5.67. The maximum absolute atomic E-state index is 6.02. The molecule has 2 rings (SSSR count). The molecule has 17 heavy (non-hydrogen) atoms. The molecule has 0 spiro atoms. The van der Waals surface area contributed by atoms with E-state index in [1.165, 1.54) is 0 Å². The van der Waals surface area contributed by atoms with Crippen LogP contribution in [0.5, 0.6) is 0 Å². The molecule has 0 aliphatic heterocycles. The monoisotopic (exact) mass is 311 g/mol. The van der Waals surface area contributed by atoms with Crippen molar-refractivity contribution >= 4 is 39.2 Å². The highest BCUT2D eigenvalue weighted by Crippen LogP contribution is 2.26. The number of benzene rings is 1. The molecule has 0 bridgehead atoms. The van der Waals surface area contributed by atoms with Crippen molar-refractivity contribution in [2.45, 2.75) is 6.54 Å². The molecule has 88 valence electrons. The second-order valence-corrected chi connectivity index (χ2v) is 4.71. The van der Waals surface area contributed by atoms with Crippen molar-refractivity contribution in [3.05, 3.63) is 52.7 Å². The lowest BCUT2D eigenvalue weighted by Crippen LogP contribution is -2.01. The van der Waals surface area contributed by atoms with Gasteiger partial charge in [0.05, 0.1) is 5.02 Å². The van der Waals surface area contributed by atoms with Crippen molar-refractivity contribution in [1.29, 1.82) is 0 Å². The van der Waals surface area contributed by atoms with Gasteiger partial charge in [0.1, 0.15) is 0 Å². The van der Waals surface area contributed by atoms with Crippen LogP contribution in [0.4, 0.5) is 11.6 Å². The molecule has 3 nitrogen and oxygen atoms in total. The summed E-state index contributed by atoms with van der Waals surface area (Å²) in [6.45, 7) is 4.42. The van der Waals surface area contributed by atoms with Crippen LogP contribution >= 0.6 is 27.5 Å². The van der Waals surface area contributed by atoms with Crippen molar-refractivity contribution < 1.29 is 0 Å². The molecule has 0 saturated heterocycles. The first kappa shape index (κ1) is 12.2. The van der Waals surface area contributed by atoms with Gasteiger partial charge >= 0.3 is 0 Å². The molecule has 1 aromatic heterocycles. The average Bonchev–Trinajstić information content (AvgIpc) is 2.72. The molecular weight excluding hydrogens is 302 g/mol. The van der Waals surface area contributed by atoms with E-state index >= 15 is 0 Å². The van der Waals surface area contributed by atoms with E-state index in [1.807, 2.05) is 35.0 Å². The number of hydrogen-bond donors (Lipinski definition) is 1. The lowest BCUT2D eigenvalue weighted by molar-refractivity contribution is 0.833. The Bertz CT molecular complexity index is 536. The summed E-state index contributed by atoms with van der Waals surface area (Å²) in [5.41, 5.74) is 0.898. The van der Waals surface area contributed by atoms with E-state index in [1.54, 1.807) is 6.20 Å². The third kappa shape index (κ3) is 2.90. The Morgan fingerprint density at radius 2 is 2.35 bits per heavy atom. The second-order valence-electron chi connectivity index (χ2n) is 3.45. The maximum atomic E-state index is 6.02. The fraction of sp³-hybridized carbons (Fsp3) is 0.0833. The fourth-order valence-electron chi connectivity index (χ4n) is 1.42. The topological polar surface area (TPSA) is 29.9 Å². The van der Waals surface area contributed by atoms with Crippen LogP contribution in [0.1, 0.15) is 0 Å². The van der Waals surface area contributed by atoms with Crippen molar-refractivity contribution in [1.82, 2.24) is 9.55 Å². The first-order valence-corrected chi connectivity index (χ1v) is 6.22. The Kier molecular flexibility index (Phi) is 3.86. The third-order valence-corrected chi connectivity index (χ3v) is 3.45. The fourth-order valence-corrected chi connectivity index (χ4v) is 1.85. The van der Waals surface area contributed by atoms with Gasteiger partial charge in [-0.1, -0.05) is 17.7 Å². The number of allylic oxidation sites excluding steroid dienone is 1. The number of imidazole rings is 1. The molecule has 1 aromatic carbocycles. The van der Waals surface area contributed by atoms with E-state index in [-0.39, 0.29) is 0 Å². The number of nitrogens with one attached hydrogen (secondary N) is 1. The number of rotatable bonds is 4. The van der Waals surface area contributed by atoms with Crippen LogP contribution in [-0.4, -0.2) is 9.55 Å². The average molecular weight is 313 g/mol. The zero-order chi connectivity index (χ0) is 12.3. The van der Waals surface area contributed by atoms with Crippen molar-refractivity contribution in [3.63, 3.8) is 0 Å². The predicted octanol–water partition coefficient (Wildman–Crippen LogP) is 4.23. The third-order valence-electron chi connectivity index (χ3n) is 2.22. The van der Waals surface area contributed by atoms with Crippen LogP contribution in [0.2, 0.25) is 5.02 Å². The highest BCUT2D eigenvalue weighted by Gasteiger charge is 2.03. The maximum Gasteiger partial charge on any atom is 0.207 e. The van der Waals surface area contributed by atoms with Gasteiger partial charge in [-0.15, -0.1) is 6.58 Å². The minimum absolute atomic E-state index is 0.664. The predicted molar refractivity (Wildman–Crippen MR) is 74.9 cm³/mol. The zero-order valence-electron chi connectivity index (χ0n) is 9.03. The molecule has 0 fully saturated rings. The van der Waals surface area contributed by atoms with Gasteiger partial charge in [-0.2, -0.15) is 0 Å². The van der Waals surface area contributed by atoms with Crippen LogP contribution in [0.25, 0.3) is 0 Å². The minimum Gasteiger partial charge on any atom is -0.326 e. The highest BCUT2D eigenvalue weighted by atomic mass is 79.9. The van der Waals surface area contributed by atoms with Crippen molar-refractivity contribution in [3.8, 4) is 0 Å². The smallest absolute Gasteiger partial charge is 0.207 e. The second kappa shape index (κ2) is 5.38. The zero-order valence-corrected chi connectivity index (χ0v) is 11.4. The van der Waals surface area contributed by atoms with E-state index in [0.29, 0.717) is 11.6 Å². The van der Waals surface area contributed by atoms with Crippen LogP contribution in [0.15, 0.2) is 47.7 Å². The minimum atomic E-state index is 0.664. The molecule has 5 heteroatoms.